The van der Waals surface area contributed by atoms with Crippen LogP contribution in [0.5, 0.6) is 5.75 Å². The largest absolute Gasteiger partial charge is 0.489 e. The van der Waals surface area contributed by atoms with Crippen molar-refractivity contribution in [3.63, 3.8) is 0 Å². The van der Waals surface area contributed by atoms with Crippen LogP contribution in [-0.2, 0) is 16.2 Å². The highest BCUT2D eigenvalue weighted by molar-refractivity contribution is 6.35. The summed E-state index contributed by atoms with van der Waals surface area (Å²) in [5.41, 5.74) is 4.25. The molecule has 6 nitrogen and oxygen atoms in total. The minimum atomic E-state index is -0.858. The average Bonchev–Trinajstić information content (AvgIpc) is 2.80. The Bertz CT molecular complexity index is 1050. The second-order valence-corrected chi connectivity index (χ2v) is 6.75. The van der Waals surface area contributed by atoms with E-state index in [0.717, 1.165) is 5.56 Å². The molecule has 0 unspecified atom stereocenters. The Morgan fingerprint density at radius 2 is 1.65 bits per heavy atom. The summed E-state index contributed by atoms with van der Waals surface area (Å²) in [5.74, 6) is -1.38. The van der Waals surface area contributed by atoms with Gasteiger partial charge in [-0.3, -0.25) is 9.59 Å². The number of hydrogen-bond acceptors (Lipinski definition) is 4. The van der Waals surface area contributed by atoms with E-state index in [4.69, 9.17) is 4.74 Å². The molecule has 0 saturated heterocycles. The van der Waals surface area contributed by atoms with E-state index in [9.17, 15) is 14.0 Å². The van der Waals surface area contributed by atoms with Crippen molar-refractivity contribution in [3.8, 4) is 5.75 Å². The molecule has 31 heavy (non-hydrogen) atoms. The normalized spacial score (nSPS) is 11.7. The van der Waals surface area contributed by atoms with Gasteiger partial charge in [0.15, 0.2) is 0 Å². The first-order valence-corrected chi connectivity index (χ1v) is 9.68. The van der Waals surface area contributed by atoms with Gasteiger partial charge in [0.05, 0.1) is 12.3 Å². The molecule has 0 aliphatic rings. The Hall–Kier alpha value is -4.00. The van der Waals surface area contributed by atoms with Crippen LogP contribution in [0.15, 0.2) is 84.0 Å². The van der Waals surface area contributed by atoms with Gasteiger partial charge in [-0.2, -0.15) is 5.10 Å². The van der Waals surface area contributed by atoms with Gasteiger partial charge in [0.2, 0.25) is 0 Å². The first kappa shape index (κ1) is 21.7. The molecule has 0 fully saturated rings. The maximum atomic E-state index is 13.6. The standard InChI is InChI=1S/C24H22FN3O3/c1-17(19-7-3-2-4-8-19)27-23(29)24(30)28-26-15-18-11-13-21(14-12-18)31-16-20-9-5-6-10-22(20)25/h2-15,17H,16H2,1H3,(H,27,29)(H,28,30)/b26-15-/t17-/m1/s1. The first-order chi connectivity index (χ1) is 15.0. The zero-order valence-electron chi connectivity index (χ0n) is 16.9. The number of rotatable bonds is 7. The van der Waals surface area contributed by atoms with Crippen LogP contribution in [-0.4, -0.2) is 18.0 Å². The van der Waals surface area contributed by atoms with Crippen LogP contribution in [0.4, 0.5) is 4.39 Å². The molecule has 7 heteroatoms. The van der Waals surface area contributed by atoms with E-state index in [1.54, 1.807) is 49.4 Å². The Balaban J connectivity index is 1.46. The monoisotopic (exact) mass is 419 g/mol. The Morgan fingerprint density at radius 3 is 2.35 bits per heavy atom. The number of ether oxygens (including phenoxy) is 1. The van der Waals surface area contributed by atoms with E-state index in [-0.39, 0.29) is 18.5 Å². The number of carbonyl (C=O) groups is 2. The molecular formula is C24H22FN3O3. The van der Waals surface area contributed by atoms with Gasteiger partial charge in [0.25, 0.3) is 0 Å². The second-order valence-electron chi connectivity index (χ2n) is 6.75. The number of amides is 2. The van der Waals surface area contributed by atoms with Crippen LogP contribution in [0, 0.1) is 5.82 Å². The van der Waals surface area contributed by atoms with E-state index in [0.29, 0.717) is 16.9 Å². The lowest BCUT2D eigenvalue weighted by molar-refractivity contribution is -0.139. The molecule has 1 atom stereocenters. The average molecular weight is 419 g/mol. The molecule has 158 valence electrons. The van der Waals surface area contributed by atoms with Crippen LogP contribution in [0.2, 0.25) is 0 Å². The van der Waals surface area contributed by atoms with Gasteiger partial charge in [-0.1, -0.05) is 48.5 Å². The Kier molecular flexibility index (Phi) is 7.48. The lowest BCUT2D eigenvalue weighted by Crippen LogP contribution is -2.39. The fourth-order valence-corrected chi connectivity index (χ4v) is 2.73. The fourth-order valence-electron chi connectivity index (χ4n) is 2.73. The summed E-state index contributed by atoms with van der Waals surface area (Å²) in [6, 6.07) is 22.3. The summed E-state index contributed by atoms with van der Waals surface area (Å²) in [7, 11) is 0. The second kappa shape index (κ2) is 10.7. The fraction of sp³-hybridized carbons (Fsp3) is 0.125. The van der Waals surface area contributed by atoms with Crippen LogP contribution in [0.25, 0.3) is 0 Å². The van der Waals surface area contributed by atoms with Gasteiger partial charge in [-0.25, -0.2) is 9.82 Å². The molecule has 0 aromatic heterocycles. The molecule has 2 amide bonds. The number of nitrogens with one attached hydrogen (secondary N) is 2. The van der Waals surface area contributed by atoms with Crippen LogP contribution < -0.4 is 15.5 Å². The molecule has 3 rings (SSSR count). The van der Waals surface area contributed by atoms with Crippen molar-refractivity contribution in [1.82, 2.24) is 10.7 Å². The molecule has 0 aliphatic heterocycles. The van der Waals surface area contributed by atoms with Crippen molar-refractivity contribution >= 4 is 18.0 Å². The van der Waals surface area contributed by atoms with Gasteiger partial charge in [-0.05, 0) is 48.4 Å². The highest BCUT2D eigenvalue weighted by atomic mass is 19.1. The quantitative estimate of drug-likeness (QED) is 0.348. The van der Waals surface area contributed by atoms with Crippen LogP contribution in [0.1, 0.15) is 29.7 Å². The molecule has 2 N–H and O–H groups in total. The number of carbonyl (C=O) groups excluding carboxylic acids is 2. The van der Waals surface area contributed by atoms with Crippen molar-refractivity contribution in [3.05, 3.63) is 101 Å². The number of nitrogens with zero attached hydrogens (tertiary/aromatic N) is 1. The molecule has 3 aromatic rings. The van der Waals surface area contributed by atoms with Crippen molar-refractivity contribution in [2.45, 2.75) is 19.6 Å². The minimum absolute atomic E-state index is 0.118. The highest BCUT2D eigenvalue weighted by Crippen LogP contribution is 2.15. The Morgan fingerprint density at radius 1 is 0.968 bits per heavy atom. The highest BCUT2D eigenvalue weighted by Gasteiger charge is 2.16. The lowest BCUT2D eigenvalue weighted by Gasteiger charge is -2.13. The van der Waals surface area contributed by atoms with E-state index in [1.807, 2.05) is 30.3 Å². The zero-order valence-corrected chi connectivity index (χ0v) is 16.9. The molecule has 0 spiro atoms. The number of hydrazone groups is 1. The summed E-state index contributed by atoms with van der Waals surface area (Å²) in [6.45, 7) is 1.91. The SMILES string of the molecule is C[C@@H](NC(=O)C(=O)N/N=C\c1ccc(OCc2ccccc2F)cc1)c1ccccc1. The smallest absolute Gasteiger partial charge is 0.329 e. The van der Waals surface area contributed by atoms with Crippen molar-refractivity contribution in [2.75, 3.05) is 0 Å². The predicted octanol–water partition coefficient (Wildman–Crippen LogP) is 3.73. The summed E-state index contributed by atoms with van der Waals surface area (Å²) < 4.78 is 19.2. The van der Waals surface area contributed by atoms with Gasteiger partial charge >= 0.3 is 11.8 Å². The number of hydrogen-bond donors (Lipinski definition) is 2. The molecular weight excluding hydrogens is 397 g/mol. The van der Waals surface area contributed by atoms with Crippen molar-refractivity contribution < 1.29 is 18.7 Å². The maximum absolute atomic E-state index is 13.6. The molecule has 0 heterocycles. The van der Waals surface area contributed by atoms with Crippen molar-refractivity contribution in [1.29, 1.82) is 0 Å². The third-order valence-corrected chi connectivity index (χ3v) is 4.47. The van der Waals surface area contributed by atoms with Crippen molar-refractivity contribution in [2.24, 2.45) is 5.10 Å². The van der Waals surface area contributed by atoms with E-state index in [2.05, 4.69) is 15.8 Å². The predicted molar refractivity (Wildman–Crippen MR) is 116 cm³/mol. The summed E-state index contributed by atoms with van der Waals surface area (Å²) >= 11 is 0. The number of benzene rings is 3. The van der Waals surface area contributed by atoms with Crippen LogP contribution in [0.3, 0.4) is 0 Å². The molecule has 0 aliphatic carbocycles. The zero-order chi connectivity index (χ0) is 22.1. The third-order valence-electron chi connectivity index (χ3n) is 4.47. The van der Waals surface area contributed by atoms with Gasteiger partial charge < -0.3 is 10.1 Å². The number of halogens is 1. The molecule has 0 radical (unpaired) electrons. The van der Waals surface area contributed by atoms with Gasteiger partial charge in [0, 0.05) is 5.56 Å². The minimum Gasteiger partial charge on any atom is -0.489 e. The third kappa shape index (κ3) is 6.50. The summed E-state index contributed by atoms with van der Waals surface area (Å²) in [5, 5.41) is 6.42. The Labute approximate surface area is 179 Å². The van der Waals surface area contributed by atoms with E-state index >= 15 is 0 Å². The maximum Gasteiger partial charge on any atom is 0.329 e. The first-order valence-electron chi connectivity index (χ1n) is 9.68. The lowest BCUT2D eigenvalue weighted by atomic mass is 10.1. The molecule has 0 bridgehead atoms. The molecule has 0 saturated carbocycles. The van der Waals surface area contributed by atoms with Crippen LogP contribution >= 0.6 is 0 Å². The van der Waals surface area contributed by atoms with Gasteiger partial charge in [0.1, 0.15) is 18.2 Å². The van der Waals surface area contributed by atoms with E-state index < -0.39 is 11.8 Å². The molecule has 3 aromatic carbocycles. The summed E-state index contributed by atoms with van der Waals surface area (Å²) in [4.78, 5) is 23.9. The topological polar surface area (TPSA) is 79.8 Å². The van der Waals surface area contributed by atoms with Gasteiger partial charge in [-0.15, -0.1) is 0 Å². The van der Waals surface area contributed by atoms with E-state index in [1.165, 1.54) is 12.3 Å². The summed E-state index contributed by atoms with van der Waals surface area (Å²) in [6.07, 6.45) is 1.41.